The second-order valence-corrected chi connectivity index (χ2v) is 5.73. The lowest BCUT2D eigenvalue weighted by Gasteiger charge is -2.29. The smallest absolute Gasteiger partial charge is 0.270 e. The minimum absolute atomic E-state index is 0.127. The summed E-state index contributed by atoms with van der Waals surface area (Å²) in [6.07, 6.45) is 3.41. The molecule has 4 nitrogen and oxygen atoms in total. The van der Waals surface area contributed by atoms with Crippen molar-refractivity contribution in [1.82, 2.24) is 5.32 Å². The fourth-order valence-corrected chi connectivity index (χ4v) is 2.90. The quantitative estimate of drug-likeness (QED) is 0.696. The van der Waals surface area contributed by atoms with E-state index in [1.165, 1.54) is 6.20 Å². The number of hydrogen-bond donors (Lipinski definition) is 1. The van der Waals surface area contributed by atoms with Gasteiger partial charge in [0, 0.05) is 25.0 Å². The van der Waals surface area contributed by atoms with Crippen LogP contribution in [0.3, 0.4) is 0 Å². The molecule has 120 valence electrons. The number of benzene rings is 2. The molecule has 2 aromatic carbocycles. The van der Waals surface area contributed by atoms with Crippen molar-refractivity contribution in [2.45, 2.75) is 19.4 Å². The SMILES string of the molecule is N#C/C(=C/NCc1ccccc1)C(=O)N1CCCc2ccccc21. The number of hydrogen-bond acceptors (Lipinski definition) is 3. The first kappa shape index (κ1) is 15.8. The Morgan fingerprint density at radius 1 is 1.17 bits per heavy atom. The summed E-state index contributed by atoms with van der Waals surface area (Å²) in [5.41, 5.74) is 3.30. The van der Waals surface area contributed by atoms with Crippen LogP contribution < -0.4 is 10.2 Å². The molecule has 0 aliphatic carbocycles. The molecule has 0 saturated carbocycles. The van der Waals surface area contributed by atoms with Crippen LogP contribution in [-0.4, -0.2) is 12.5 Å². The average Bonchev–Trinajstić information content (AvgIpc) is 2.65. The summed E-state index contributed by atoms with van der Waals surface area (Å²) in [5, 5.41) is 12.4. The number of carbonyl (C=O) groups is 1. The Bertz CT molecular complexity index is 790. The van der Waals surface area contributed by atoms with Gasteiger partial charge >= 0.3 is 0 Å². The maximum absolute atomic E-state index is 12.7. The molecule has 1 aliphatic heterocycles. The van der Waals surface area contributed by atoms with Crippen LogP contribution in [-0.2, 0) is 17.8 Å². The van der Waals surface area contributed by atoms with Crippen molar-refractivity contribution >= 4 is 11.6 Å². The second-order valence-electron chi connectivity index (χ2n) is 5.73. The number of nitrogens with one attached hydrogen (secondary N) is 1. The molecule has 0 radical (unpaired) electrons. The molecule has 4 heteroatoms. The van der Waals surface area contributed by atoms with Crippen LogP contribution in [0.1, 0.15) is 17.5 Å². The van der Waals surface area contributed by atoms with Crippen molar-refractivity contribution in [2.24, 2.45) is 0 Å². The average molecular weight is 317 g/mol. The second kappa shape index (κ2) is 7.47. The molecule has 0 spiro atoms. The number of nitrogens with zero attached hydrogens (tertiary/aromatic N) is 2. The first-order chi connectivity index (χ1) is 11.8. The molecule has 1 aliphatic rings. The van der Waals surface area contributed by atoms with E-state index in [-0.39, 0.29) is 11.5 Å². The van der Waals surface area contributed by atoms with Crippen molar-refractivity contribution < 1.29 is 4.79 Å². The normalized spacial score (nSPS) is 13.8. The Morgan fingerprint density at radius 2 is 1.92 bits per heavy atom. The van der Waals surface area contributed by atoms with Crippen LogP contribution >= 0.6 is 0 Å². The Kier molecular flexibility index (Phi) is 4.93. The van der Waals surface area contributed by atoms with Crippen LogP contribution in [0.2, 0.25) is 0 Å². The van der Waals surface area contributed by atoms with Gasteiger partial charge in [0.2, 0.25) is 0 Å². The molecule has 0 aromatic heterocycles. The zero-order chi connectivity index (χ0) is 16.8. The van der Waals surface area contributed by atoms with E-state index in [2.05, 4.69) is 5.32 Å². The van der Waals surface area contributed by atoms with E-state index >= 15 is 0 Å². The first-order valence-corrected chi connectivity index (χ1v) is 8.07. The fraction of sp³-hybridized carbons (Fsp3) is 0.200. The van der Waals surface area contributed by atoms with Crippen LogP contribution in [0.4, 0.5) is 5.69 Å². The van der Waals surface area contributed by atoms with E-state index in [1.54, 1.807) is 4.90 Å². The highest BCUT2D eigenvalue weighted by Crippen LogP contribution is 2.27. The van der Waals surface area contributed by atoms with Gasteiger partial charge in [-0.3, -0.25) is 4.79 Å². The lowest BCUT2D eigenvalue weighted by atomic mass is 10.0. The van der Waals surface area contributed by atoms with Crippen LogP contribution in [0.5, 0.6) is 0 Å². The van der Waals surface area contributed by atoms with Gasteiger partial charge in [0.15, 0.2) is 0 Å². The van der Waals surface area contributed by atoms with Gasteiger partial charge in [-0.15, -0.1) is 0 Å². The summed E-state index contributed by atoms with van der Waals surface area (Å²) in [4.78, 5) is 14.4. The molecule has 2 aromatic rings. The molecule has 24 heavy (non-hydrogen) atoms. The minimum atomic E-state index is -0.245. The largest absolute Gasteiger partial charge is 0.386 e. The van der Waals surface area contributed by atoms with Gasteiger partial charge in [0.05, 0.1) is 0 Å². The Morgan fingerprint density at radius 3 is 2.71 bits per heavy atom. The first-order valence-electron chi connectivity index (χ1n) is 8.07. The number of para-hydroxylation sites is 1. The van der Waals surface area contributed by atoms with Gasteiger partial charge in [-0.05, 0) is 30.0 Å². The molecule has 0 fully saturated rings. The highest BCUT2D eigenvalue weighted by Gasteiger charge is 2.24. The minimum Gasteiger partial charge on any atom is -0.386 e. The predicted molar refractivity (Wildman–Crippen MR) is 94.1 cm³/mol. The van der Waals surface area contributed by atoms with Gasteiger partial charge in [-0.25, -0.2) is 0 Å². The van der Waals surface area contributed by atoms with Gasteiger partial charge in [-0.2, -0.15) is 5.26 Å². The summed E-state index contributed by atoms with van der Waals surface area (Å²) in [7, 11) is 0. The molecular formula is C20H19N3O. The molecular weight excluding hydrogens is 298 g/mol. The summed E-state index contributed by atoms with van der Waals surface area (Å²) < 4.78 is 0. The summed E-state index contributed by atoms with van der Waals surface area (Å²) in [6, 6.07) is 19.8. The molecule has 3 rings (SSSR count). The zero-order valence-corrected chi connectivity index (χ0v) is 13.4. The molecule has 1 heterocycles. The van der Waals surface area contributed by atoms with Gasteiger partial charge in [0.1, 0.15) is 11.6 Å². The maximum atomic E-state index is 12.7. The summed E-state index contributed by atoms with van der Waals surface area (Å²) >= 11 is 0. The monoisotopic (exact) mass is 317 g/mol. The summed E-state index contributed by atoms with van der Waals surface area (Å²) in [6.45, 7) is 1.23. The number of carbonyl (C=O) groups excluding carboxylic acids is 1. The number of anilines is 1. The molecule has 0 atom stereocenters. The van der Waals surface area contributed by atoms with Gasteiger partial charge in [-0.1, -0.05) is 48.5 Å². The van der Waals surface area contributed by atoms with Gasteiger partial charge in [0.25, 0.3) is 5.91 Å². The zero-order valence-electron chi connectivity index (χ0n) is 13.4. The highest BCUT2D eigenvalue weighted by molar-refractivity contribution is 6.08. The Balaban J connectivity index is 1.73. The topological polar surface area (TPSA) is 56.1 Å². The summed E-state index contributed by atoms with van der Waals surface area (Å²) in [5.74, 6) is -0.245. The third-order valence-electron chi connectivity index (χ3n) is 4.10. The highest BCUT2D eigenvalue weighted by atomic mass is 16.2. The molecule has 1 N–H and O–H groups in total. The number of nitriles is 1. The van der Waals surface area contributed by atoms with E-state index in [1.807, 2.05) is 60.7 Å². The van der Waals surface area contributed by atoms with Crippen molar-refractivity contribution in [1.29, 1.82) is 5.26 Å². The Labute approximate surface area is 142 Å². The number of aryl methyl sites for hydroxylation is 1. The standard InChI is InChI=1S/C20H19N3O/c21-13-18(15-22-14-16-7-2-1-3-8-16)20(24)23-12-6-10-17-9-4-5-11-19(17)23/h1-5,7-9,11,15,22H,6,10,12,14H2/b18-15-. The Hall–Kier alpha value is -3.06. The number of amides is 1. The van der Waals surface area contributed by atoms with E-state index in [0.29, 0.717) is 13.1 Å². The fourth-order valence-electron chi connectivity index (χ4n) is 2.90. The molecule has 0 unspecified atom stereocenters. The van der Waals surface area contributed by atoms with E-state index < -0.39 is 0 Å². The maximum Gasteiger partial charge on any atom is 0.270 e. The van der Waals surface area contributed by atoms with Gasteiger partial charge < -0.3 is 10.2 Å². The van der Waals surface area contributed by atoms with Crippen molar-refractivity contribution in [3.8, 4) is 6.07 Å². The van der Waals surface area contributed by atoms with Crippen molar-refractivity contribution in [3.63, 3.8) is 0 Å². The lowest BCUT2D eigenvalue weighted by Crippen LogP contribution is -2.36. The van der Waals surface area contributed by atoms with Crippen LogP contribution in [0.25, 0.3) is 0 Å². The molecule has 0 bridgehead atoms. The number of rotatable bonds is 4. The molecule has 0 saturated heterocycles. The lowest BCUT2D eigenvalue weighted by molar-refractivity contribution is -0.114. The van der Waals surface area contributed by atoms with E-state index in [9.17, 15) is 10.1 Å². The van der Waals surface area contributed by atoms with Crippen LogP contribution in [0, 0.1) is 11.3 Å². The van der Waals surface area contributed by atoms with Crippen molar-refractivity contribution in [3.05, 3.63) is 77.5 Å². The third-order valence-corrected chi connectivity index (χ3v) is 4.10. The third kappa shape index (κ3) is 3.47. The number of fused-ring (bicyclic) bond motifs is 1. The predicted octanol–water partition coefficient (Wildman–Crippen LogP) is 3.16. The van der Waals surface area contributed by atoms with E-state index in [0.717, 1.165) is 29.7 Å². The van der Waals surface area contributed by atoms with E-state index in [4.69, 9.17) is 0 Å². The van der Waals surface area contributed by atoms with Crippen molar-refractivity contribution in [2.75, 3.05) is 11.4 Å². The van der Waals surface area contributed by atoms with Crippen LogP contribution in [0.15, 0.2) is 66.4 Å². The molecule has 1 amide bonds.